The van der Waals surface area contributed by atoms with E-state index in [1.165, 1.54) is 0 Å². The van der Waals surface area contributed by atoms with Crippen molar-refractivity contribution in [2.45, 2.75) is 18.6 Å². The molecule has 4 rings (SSSR count). The van der Waals surface area contributed by atoms with Crippen LogP contribution in [-0.2, 0) is 6.42 Å². The van der Waals surface area contributed by atoms with Gasteiger partial charge in [-0.05, 0) is 29.7 Å². The average Bonchev–Trinajstić information content (AvgIpc) is 2.91. The molecule has 0 fully saturated rings. The molecule has 124 valence electrons. The molecule has 6 nitrogen and oxygen atoms in total. The Balaban J connectivity index is 1.41. The van der Waals surface area contributed by atoms with E-state index in [0.717, 1.165) is 11.1 Å². The fourth-order valence-corrected chi connectivity index (χ4v) is 3.16. The van der Waals surface area contributed by atoms with Crippen molar-refractivity contribution in [3.05, 3.63) is 53.6 Å². The maximum absolute atomic E-state index is 12.2. The summed E-state index contributed by atoms with van der Waals surface area (Å²) in [5.41, 5.74) is 2.55. The maximum atomic E-state index is 12.2. The Morgan fingerprint density at radius 1 is 1.08 bits per heavy atom. The summed E-state index contributed by atoms with van der Waals surface area (Å²) in [6, 6.07) is 12.2. The average molecular weight is 326 g/mol. The van der Waals surface area contributed by atoms with Gasteiger partial charge in [0.1, 0.15) is 13.2 Å². The van der Waals surface area contributed by atoms with Crippen molar-refractivity contribution in [2.24, 2.45) is 0 Å². The summed E-state index contributed by atoms with van der Waals surface area (Å²) in [6.07, 6.45) is -0.0708. The van der Waals surface area contributed by atoms with Crippen LogP contribution in [0.15, 0.2) is 42.5 Å². The van der Waals surface area contributed by atoms with Gasteiger partial charge in [0.15, 0.2) is 11.5 Å². The molecule has 2 aliphatic rings. The van der Waals surface area contributed by atoms with Crippen molar-refractivity contribution in [3.63, 3.8) is 0 Å². The second-order valence-electron chi connectivity index (χ2n) is 5.91. The second-order valence-corrected chi connectivity index (χ2v) is 5.91. The number of rotatable bonds is 2. The number of carbonyl (C=O) groups excluding carboxylic acids is 1. The molecule has 1 aliphatic carbocycles. The molecule has 0 aromatic heterocycles. The minimum Gasteiger partial charge on any atom is -0.486 e. The molecule has 6 heteroatoms. The van der Waals surface area contributed by atoms with Crippen molar-refractivity contribution >= 4 is 11.7 Å². The summed E-state index contributed by atoms with van der Waals surface area (Å²) in [7, 11) is 0. The third-order valence-electron chi connectivity index (χ3n) is 4.31. The van der Waals surface area contributed by atoms with E-state index in [1.807, 2.05) is 24.3 Å². The number of benzene rings is 2. The lowest BCUT2D eigenvalue weighted by molar-refractivity contribution is 0.145. The van der Waals surface area contributed by atoms with Gasteiger partial charge in [0.2, 0.25) is 0 Å². The van der Waals surface area contributed by atoms with Crippen molar-refractivity contribution in [1.82, 2.24) is 5.32 Å². The molecule has 0 saturated carbocycles. The Hall–Kier alpha value is -2.73. The van der Waals surface area contributed by atoms with Gasteiger partial charge in [0, 0.05) is 11.8 Å². The van der Waals surface area contributed by atoms with Gasteiger partial charge in [-0.1, -0.05) is 24.3 Å². The van der Waals surface area contributed by atoms with Crippen LogP contribution in [0.5, 0.6) is 11.5 Å². The third-order valence-corrected chi connectivity index (χ3v) is 4.31. The minimum absolute atomic E-state index is 0.334. The molecular weight excluding hydrogens is 308 g/mol. The first-order chi connectivity index (χ1) is 11.7. The van der Waals surface area contributed by atoms with Gasteiger partial charge in [-0.25, -0.2) is 4.79 Å². The highest BCUT2D eigenvalue weighted by molar-refractivity contribution is 5.90. The van der Waals surface area contributed by atoms with E-state index in [4.69, 9.17) is 9.47 Å². The Labute approximate surface area is 139 Å². The van der Waals surface area contributed by atoms with Gasteiger partial charge < -0.3 is 25.2 Å². The number of aliphatic hydroxyl groups is 1. The number of anilines is 1. The van der Waals surface area contributed by atoms with Crippen molar-refractivity contribution in [1.29, 1.82) is 0 Å². The maximum Gasteiger partial charge on any atom is 0.319 e. The van der Waals surface area contributed by atoms with Crippen molar-refractivity contribution < 1.29 is 19.4 Å². The van der Waals surface area contributed by atoms with Gasteiger partial charge in [-0.15, -0.1) is 0 Å². The van der Waals surface area contributed by atoms with Gasteiger partial charge in [0.05, 0.1) is 12.1 Å². The molecule has 0 radical (unpaired) electrons. The van der Waals surface area contributed by atoms with Crippen molar-refractivity contribution in [3.8, 4) is 11.5 Å². The molecule has 24 heavy (non-hydrogen) atoms. The lowest BCUT2D eigenvalue weighted by Crippen LogP contribution is -2.40. The van der Waals surface area contributed by atoms with Crippen LogP contribution >= 0.6 is 0 Å². The van der Waals surface area contributed by atoms with Crippen LogP contribution in [0, 0.1) is 0 Å². The van der Waals surface area contributed by atoms with Crippen LogP contribution in [0.2, 0.25) is 0 Å². The quantitative estimate of drug-likeness (QED) is 0.791. The predicted octanol–water partition coefficient (Wildman–Crippen LogP) is 2.24. The second kappa shape index (κ2) is 6.05. The normalized spacial score (nSPS) is 21.0. The Bertz CT molecular complexity index is 777. The molecule has 2 aromatic rings. The van der Waals surface area contributed by atoms with Crippen LogP contribution in [0.1, 0.15) is 17.2 Å². The van der Waals surface area contributed by atoms with Gasteiger partial charge in [0.25, 0.3) is 0 Å². The fourth-order valence-electron chi connectivity index (χ4n) is 3.16. The third kappa shape index (κ3) is 2.76. The minimum atomic E-state index is -0.688. The summed E-state index contributed by atoms with van der Waals surface area (Å²) in [6.45, 7) is 1.02. The zero-order valence-corrected chi connectivity index (χ0v) is 13.0. The molecule has 1 aliphatic heterocycles. The molecule has 2 atom stereocenters. The highest BCUT2D eigenvalue weighted by atomic mass is 16.6. The number of aliphatic hydroxyl groups excluding tert-OH is 1. The standard InChI is InChI=1S/C18H18N2O4/c21-17-13-4-2-1-3-11(13)9-14(17)20-18(22)19-12-5-6-15-16(10-12)24-8-7-23-15/h1-6,10,14,17,21H,7-9H2,(H2,19,20,22)/t14-,17-/m0/s1. The van der Waals surface area contributed by atoms with Gasteiger partial charge in [-0.2, -0.15) is 0 Å². The van der Waals surface area contributed by atoms with Crippen LogP contribution in [0.4, 0.5) is 10.5 Å². The number of fused-ring (bicyclic) bond motifs is 2. The summed E-state index contributed by atoms with van der Waals surface area (Å²) in [4.78, 5) is 12.2. The highest BCUT2D eigenvalue weighted by Gasteiger charge is 2.31. The molecule has 1 heterocycles. The Morgan fingerprint density at radius 2 is 1.88 bits per heavy atom. The molecule has 0 bridgehead atoms. The Kier molecular flexibility index (Phi) is 3.74. The number of hydrogen-bond donors (Lipinski definition) is 3. The molecule has 0 spiro atoms. The molecule has 3 N–H and O–H groups in total. The number of carbonyl (C=O) groups is 1. The SMILES string of the molecule is O=C(Nc1ccc2c(c1)OCCO2)N[C@H]1Cc2ccccc2[C@@H]1O. The number of urea groups is 1. The summed E-state index contributed by atoms with van der Waals surface area (Å²) in [5, 5.41) is 15.9. The smallest absolute Gasteiger partial charge is 0.319 e. The Morgan fingerprint density at radius 3 is 2.71 bits per heavy atom. The van der Waals surface area contributed by atoms with E-state index in [0.29, 0.717) is 36.8 Å². The summed E-state index contributed by atoms with van der Waals surface area (Å²) >= 11 is 0. The van der Waals surface area contributed by atoms with Crippen LogP contribution < -0.4 is 20.1 Å². The molecule has 0 saturated heterocycles. The highest BCUT2D eigenvalue weighted by Crippen LogP contribution is 2.33. The first-order valence-corrected chi connectivity index (χ1v) is 7.94. The van der Waals surface area contributed by atoms with E-state index < -0.39 is 6.10 Å². The molecule has 2 aromatic carbocycles. The first kappa shape index (κ1) is 14.8. The fraction of sp³-hybridized carbons (Fsp3) is 0.278. The predicted molar refractivity (Wildman–Crippen MR) is 88.5 cm³/mol. The summed E-state index contributed by atoms with van der Waals surface area (Å²) < 4.78 is 11.0. The van der Waals surface area contributed by atoms with Gasteiger partial charge >= 0.3 is 6.03 Å². The zero-order chi connectivity index (χ0) is 16.5. The van der Waals surface area contributed by atoms with E-state index >= 15 is 0 Å². The van der Waals surface area contributed by atoms with E-state index in [2.05, 4.69) is 10.6 Å². The number of nitrogens with one attached hydrogen (secondary N) is 2. The van der Waals surface area contributed by atoms with Crippen LogP contribution in [0.25, 0.3) is 0 Å². The number of amides is 2. The van der Waals surface area contributed by atoms with Crippen LogP contribution in [-0.4, -0.2) is 30.4 Å². The van der Waals surface area contributed by atoms with E-state index in [9.17, 15) is 9.90 Å². The van der Waals surface area contributed by atoms with E-state index in [-0.39, 0.29) is 12.1 Å². The number of hydrogen-bond acceptors (Lipinski definition) is 4. The largest absolute Gasteiger partial charge is 0.486 e. The molecule has 2 amide bonds. The van der Waals surface area contributed by atoms with Crippen LogP contribution in [0.3, 0.4) is 0 Å². The van der Waals surface area contributed by atoms with Gasteiger partial charge in [-0.3, -0.25) is 0 Å². The molecule has 0 unspecified atom stereocenters. The summed E-state index contributed by atoms with van der Waals surface area (Å²) in [5.74, 6) is 1.29. The topological polar surface area (TPSA) is 79.8 Å². The lowest BCUT2D eigenvalue weighted by Gasteiger charge is -2.20. The lowest BCUT2D eigenvalue weighted by atomic mass is 10.1. The van der Waals surface area contributed by atoms with E-state index in [1.54, 1.807) is 18.2 Å². The molecular formula is C18H18N2O4. The zero-order valence-electron chi connectivity index (χ0n) is 13.0. The first-order valence-electron chi connectivity index (χ1n) is 7.94. The monoisotopic (exact) mass is 326 g/mol. The van der Waals surface area contributed by atoms with Crippen molar-refractivity contribution in [2.75, 3.05) is 18.5 Å². The number of ether oxygens (including phenoxy) is 2.